The van der Waals surface area contributed by atoms with Crippen LogP contribution in [0.1, 0.15) is 18.9 Å². The molecule has 0 heterocycles. The SMILES string of the molecule is CCC=C(N)c1ccccc1. The van der Waals surface area contributed by atoms with E-state index in [9.17, 15) is 0 Å². The van der Waals surface area contributed by atoms with Gasteiger partial charge in [0.15, 0.2) is 0 Å². The van der Waals surface area contributed by atoms with E-state index in [2.05, 4.69) is 6.92 Å². The Labute approximate surface area is 67.5 Å². The first-order valence-electron chi connectivity index (χ1n) is 3.85. The van der Waals surface area contributed by atoms with Crippen molar-refractivity contribution in [3.8, 4) is 0 Å². The average Bonchev–Trinajstić information content (AvgIpc) is 2.07. The Morgan fingerprint density at radius 1 is 1.36 bits per heavy atom. The zero-order chi connectivity index (χ0) is 8.10. The van der Waals surface area contributed by atoms with Gasteiger partial charge in [-0.3, -0.25) is 0 Å². The predicted molar refractivity (Wildman–Crippen MR) is 48.9 cm³/mol. The Bertz CT molecular complexity index is 236. The van der Waals surface area contributed by atoms with Crippen molar-refractivity contribution in [2.24, 2.45) is 5.73 Å². The van der Waals surface area contributed by atoms with Crippen LogP contribution in [-0.2, 0) is 0 Å². The lowest BCUT2D eigenvalue weighted by Gasteiger charge is -1.98. The monoisotopic (exact) mass is 147 g/mol. The molecule has 0 saturated carbocycles. The summed E-state index contributed by atoms with van der Waals surface area (Å²) in [5, 5.41) is 0. The molecule has 1 heteroatoms. The highest BCUT2D eigenvalue weighted by Gasteiger charge is 1.90. The molecule has 0 fully saturated rings. The summed E-state index contributed by atoms with van der Waals surface area (Å²) in [7, 11) is 0. The van der Waals surface area contributed by atoms with Crippen molar-refractivity contribution < 1.29 is 0 Å². The summed E-state index contributed by atoms with van der Waals surface area (Å²) in [6.45, 7) is 2.08. The summed E-state index contributed by atoms with van der Waals surface area (Å²) in [6.07, 6.45) is 3.01. The molecule has 0 unspecified atom stereocenters. The van der Waals surface area contributed by atoms with Gasteiger partial charge in [0.05, 0.1) is 0 Å². The number of allylic oxidation sites excluding steroid dienone is 1. The van der Waals surface area contributed by atoms with Crippen molar-refractivity contribution in [1.29, 1.82) is 0 Å². The molecule has 0 spiro atoms. The Hall–Kier alpha value is -1.24. The lowest BCUT2D eigenvalue weighted by atomic mass is 10.1. The summed E-state index contributed by atoms with van der Waals surface area (Å²) in [5.41, 5.74) is 7.74. The molecule has 0 aliphatic rings. The van der Waals surface area contributed by atoms with Crippen molar-refractivity contribution in [2.45, 2.75) is 13.3 Å². The molecule has 1 aromatic rings. The molecule has 0 atom stereocenters. The fourth-order valence-electron chi connectivity index (χ4n) is 0.968. The van der Waals surface area contributed by atoms with Gasteiger partial charge in [0.1, 0.15) is 0 Å². The van der Waals surface area contributed by atoms with Gasteiger partial charge in [-0.25, -0.2) is 0 Å². The van der Waals surface area contributed by atoms with Crippen molar-refractivity contribution in [1.82, 2.24) is 0 Å². The number of hydrogen-bond donors (Lipinski definition) is 1. The summed E-state index contributed by atoms with van der Waals surface area (Å²) in [6, 6.07) is 10.0. The van der Waals surface area contributed by atoms with E-state index in [1.807, 2.05) is 36.4 Å². The van der Waals surface area contributed by atoms with Crippen LogP contribution >= 0.6 is 0 Å². The third-order valence-electron chi connectivity index (χ3n) is 1.53. The molecule has 0 radical (unpaired) electrons. The van der Waals surface area contributed by atoms with Crippen molar-refractivity contribution in [2.75, 3.05) is 0 Å². The molecule has 58 valence electrons. The fraction of sp³-hybridized carbons (Fsp3) is 0.200. The minimum absolute atomic E-state index is 0.869. The molecule has 1 nitrogen and oxygen atoms in total. The molecule has 1 rings (SSSR count). The van der Waals surface area contributed by atoms with E-state index < -0.39 is 0 Å². The zero-order valence-electron chi connectivity index (χ0n) is 6.75. The highest BCUT2D eigenvalue weighted by Crippen LogP contribution is 2.07. The maximum atomic E-state index is 5.77. The molecule has 0 aliphatic heterocycles. The van der Waals surface area contributed by atoms with Gasteiger partial charge in [-0.2, -0.15) is 0 Å². The zero-order valence-corrected chi connectivity index (χ0v) is 6.75. The van der Waals surface area contributed by atoms with Crippen molar-refractivity contribution >= 4 is 5.70 Å². The number of nitrogens with two attached hydrogens (primary N) is 1. The predicted octanol–water partition coefficient (Wildman–Crippen LogP) is 2.40. The highest BCUT2D eigenvalue weighted by molar-refractivity contribution is 5.62. The maximum absolute atomic E-state index is 5.77. The second-order valence-corrected chi connectivity index (χ2v) is 2.43. The van der Waals surface area contributed by atoms with Crippen LogP contribution in [0, 0.1) is 0 Å². The molecule has 2 N–H and O–H groups in total. The summed E-state index contributed by atoms with van der Waals surface area (Å²) >= 11 is 0. The first kappa shape index (κ1) is 7.86. The number of hydrogen-bond acceptors (Lipinski definition) is 1. The molecule has 1 aromatic carbocycles. The van der Waals surface area contributed by atoms with Gasteiger partial charge in [-0.05, 0) is 12.0 Å². The molecular weight excluding hydrogens is 134 g/mol. The Morgan fingerprint density at radius 2 is 2.00 bits per heavy atom. The average molecular weight is 147 g/mol. The van der Waals surface area contributed by atoms with Crippen LogP contribution in [-0.4, -0.2) is 0 Å². The Balaban J connectivity index is 2.85. The number of rotatable bonds is 2. The van der Waals surface area contributed by atoms with Crippen molar-refractivity contribution in [3.05, 3.63) is 42.0 Å². The smallest absolute Gasteiger partial charge is 0.0346 e. The minimum atomic E-state index is 0.869. The third kappa shape index (κ3) is 2.11. The topological polar surface area (TPSA) is 26.0 Å². The highest BCUT2D eigenvalue weighted by atomic mass is 14.6. The minimum Gasteiger partial charge on any atom is -0.399 e. The molecule has 11 heavy (non-hydrogen) atoms. The van der Waals surface area contributed by atoms with Crippen LogP contribution in [0.15, 0.2) is 36.4 Å². The van der Waals surface area contributed by atoms with E-state index in [4.69, 9.17) is 5.73 Å². The van der Waals surface area contributed by atoms with Crippen LogP contribution < -0.4 is 5.73 Å². The largest absolute Gasteiger partial charge is 0.399 e. The molecule has 0 saturated heterocycles. The first-order chi connectivity index (χ1) is 5.34. The van der Waals surface area contributed by atoms with Crippen molar-refractivity contribution in [3.63, 3.8) is 0 Å². The second kappa shape index (κ2) is 3.81. The van der Waals surface area contributed by atoms with E-state index >= 15 is 0 Å². The van der Waals surface area contributed by atoms with E-state index in [-0.39, 0.29) is 0 Å². The second-order valence-electron chi connectivity index (χ2n) is 2.43. The normalized spacial score (nSPS) is 11.5. The maximum Gasteiger partial charge on any atom is 0.0346 e. The number of benzene rings is 1. The van der Waals surface area contributed by atoms with Gasteiger partial charge in [-0.15, -0.1) is 0 Å². The fourth-order valence-corrected chi connectivity index (χ4v) is 0.968. The van der Waals surface area contributed by atoms with Crippen LogP contribution in [0.2, 0.25) is 0 Å². The van der Waals surface area contributed by atoms with Gasteiger partial charge in [0, 0.05) is 5.70 Å². The van der Waals surface area contributed by atoms with Gasteiger partial charge < -0.3 is 5.73 Å². The van der Waals surface area contributed by atoms with Crippen LogP contribution in [0.4, 0.5) is 0 Å². The molecular formula is C10H13N. The molecule has 0 bridgehead atoms. The Kier molecular flexibility index (Phi) is 2.73. The third-order valence-corrected chi connectivity index (χ3v) is 1.53. The van der Waals surface area contributed by atoms with E-state index in [1.54, 1.807) is 0 Å². The Morgan fingerprint density at radius 3 is 2.55 bits per heavy atom. The standard InChI is InChI=1S/C10H13N/c1-2-6-10(11)9-7-4-3-5-8-9/h3-8H,2,11H2,1H3. The van der Waals surface area contributed by atoms with Crippen LogP contribution in [0.5, 0.6) is 0 Å². The van der Waals surface area contributed by atoms with Crippen LogP contribution in [0.25, 0.3) is 5.70 Å². The lowest BCUT2D eigenvalue weighted by Crippen LogP contribution is -1.94. The summed E-state index contributed by atoms with van der Waals surface area (Å²) < 4.78 is 0. The van der Waals surface area contributed by atoms with Crippen LogP contribution in [0.3, 0.4) is 0 Å². The molecule has 0 amide bonds. The quantitative estimate of drug-likeness (QED) is 0.683. The summed E-state index contributed by atoms with van der Waals surface area (Å²) in [4.78, 5) is 0. The van der Waals surface area contributed by atoms with Gasteiger partial charge in [0.2, 0.25) is 0 Å². The molecule has 0 aliphatic carbocycles. The van der Waals surface area contributed by atoms with Gasteiger partial charge >= 0.3 is 0 Å². The van der Waals surface area contributed by atoms with E-state index in [1.165, 1.54) is 0 Å². The van der Waals surface area contributed by atoms with E-state index in [0.29, 0.717) is 0 Å². The van der Waals surface area contributed by atoms with Gasteiger partial charge in [-0.1, -0.05) is 43.3 Å². The summed E-state index contributed by atoms with van der Waals surface area (Å²) in [5.74, 6) is 0. The molecule has 0 aromatic heterocycles. The lowest BCUT2D eigenvalue weighted by molar-refractivity contribution is 1.22. The van der Waals surface area contributed by atoms with E-state index in [0.717, 1.165) is 17.7 Å². The first-order valence-corrected chi connectivity index (χ1v) is 3.85. The van der Waals surface area contributed by atoms with Gasteiger partial charge in [0.25, 0.3) is 0 Å².